The quantitative estimate of drug-likeness (QED) is 0.210. The van der Waals surface area contributed by atoms with E-state index in [-0.39, 0.29) is 43.3 Å². The second kappa shape index (κ2) is 11.9. The normalized spacial score (nSPS) is 20.5. The van der Waals surface area contributed by atoms with Crippen LogP contribution in [-0.4, -0.2) is 98.2 Å². The van der Waals surface area contributed by atoms with E-state index in [0.29, 0.717) is 31.1 Å². The number of carboxylic acid groups (broad SMARTS) is 1. The largest absolute Gasteiger partial charge is 0.477 e. The molecule has 12 heteroatoms. The summed E-state index contributed by atoms with van der Waals surface area (Å²) in [6.45, 7) is 2.50. The summed E-state index contributed by atoms with van der Waals surface area (Å²) in [4.78, 5) is 48.2. The average Bonchev–Trinajstić information content (AvgIpc) is 2.70. The monoisotopic (exact) mass is 446 g/mol. The van der Waals surface area contributed by atoms with E-state index in [1.807, 2.05) is 0 Å². The molecule has 2 aliphatic rings. The van der Waals surface area contributed by atoms with Crippen LogP contribution in [0.5, 0.6) is 0 Å². The van der Waals surface area contributed by atoms with Crippen LogP contribution in [0.1, 0.15) is 6.92 Å². The Morgan fingerprint density at radius 3 is 2.57 bits per heavy atom. The first kappa shape index (κ1) is 24.1. The predicted octanol–water partition coefficient (Wildman–Crippen LogP) is -0.785. The maximum atomic E-state index is 12.5. The van der Waals surface area contributed by atoms with Crippen LogP contribution in [0, 0.1) is 5.92 Å². The molecule has 1 fully saturated rings. The Labute approximate surface area is 178 Å². The van der Waals surface area contributed by atoms with E-state index in [0.717, 1.165) is 0 Å². The Balaban J connectivity index is 1.77. The number of rotatable bonds is 13. The summed E-state index contributed by atoms with van der Waals surface area (Å²) in [6, 6.07) is 0. The van der Waals surface area contributed by atoms with Crippen molar-refractivity contribution < 1.29 is 43.2 Å². The number of carboxylic acids is 1. The van der Waals surface area contributed by atoms with Crippen molar-refractivity contribution in [3.05, 3.63) is 11.3 Å². The van der Waals surface area contributed by atoms with E-state index in [1.165, 1.54) is 23.6 Å². The summed E-state index contributed by atoms with van der Waals surface area (Å²) >= 11 is 1.37. The van der Waals surface area contributed by atoms with E-state index in [9.17, 15) is 24.3 Å². The van der Waals surface area contributed by atoms with Crippen molar-refractivity contribution >= 4 is 35.5 Å². The van der Waals surface area contributed by atoms with Gasteiger partial charge in [-0.15, -0.1) is 11.8 Å². The van der Waals surface area contributed by atoms with Crippen LogP contribution >= 0.6 is 11.8 Å². The van der Waals surface area contributed by atoms with Gasteiger partial charge in [-0.2, -0.15) is 0 Å². The van der Waals surface area contributed by atoms with Crippen molar-refractivity contribution in [1.82, 2.24) is 10.2 Å². The first-order valence-electron chi connectivity index (χ1n) is 9.31. The summed E-state index contributed by atoms with van der Waals surface area (Å²) in [6.07, 6.45) is 0. The van der Waals surface area contributed by atoms with Crippen molar-refractivity contribution in [1.29, 1.82) is 0 Å². The maximum Gasteiger partial charge on any atom is 0.352 e. The second-order valence-electron chi connectivity index (χ2n) is 6.52. The molecule has 1 saturated heterocycles. The fourth-order valence-corrected chi connectivity index (χ4v) is 4.31. The average molecular weight is 446 g/mol. The van der Waals surface area contributed by atoms with Crippen molar-refractivity contribution in [2.75, 3.05) is 59.0 Å². The number of thioether (sulfide) groups is 1. The van der Waals surface area contributed by atoms with Gasteiger partial charge in [0.2, 0.25) is 11.8 Å². The number of carbonyl (C=O) groups excluding carboxylic acids is 3. The molecule has 2 atom stereocenters. The summed E-state index contributed by atoms with van der Waals surface area (Å²) in [5, 5.41) is 11.7. The molecule has 168 valence electrons. The highest BCUT2D eigenvalue weighted by Gasteiger charge is 2.53. The zero-order valence-corrected chi connectivity index (χ0v) is 17.7. The molecule has 0 radical (unpaired) electrons. The van der Waals surface area contributed by atoms with Crippen molar-refractivity contribution in [2.24, 2.45) is 5.92 Å². The van der Waals surface area contributed by atoms with Crippen LogP contribution in [-0.2, 0) is 38.1 Å². The molecule has 2 rings (SSSR count). The van der Waals surface area contributed by atoms with Gasteiger partial charge in [0.1, 0.15) is 18.9 Å². The number of methoxy groups -OCH3 is 1. The minimum absolute atomic E-state index is 0.0890. The lowest BCUT2D eigenvalue weighted by Gasteiger charge is -2.49. The van der Waals surface area contributed by atoms with Crippen molar-refractivity contribution in [2.45, 2.75) is 12.3 Å². The highest BCUT2D eigenvalue weighted by molar-refractivity contribution is 8.00. The van der Waals surface area contributed by atoms with Crippen LogP contribution in [0.15, 0.2) is 11.3 Å². The minimum atomic E-state index is -1.25. The zero-order chi connectivity index (χ0) is 22.1. The molecule has 0 bridgehead atoms. The number of hydrogen-bond donors (Lipinski definition) is 2. The van der Waals surface area contributed by atoms with Crippen LogP contribution in [0.25, 0.3) is 0 Å². The van der Waals surface area contributed by atoms with E-state index >= 15 is 0 Å². The molecule has 0 aromatic carbocycles. The molecule has 0 aliphatic carbocycles. The number of hydrogen-bond acceptors (Lipinski definition) is 9. The zero-order valence-electron chi connectivity index (χ0n) is 16.9. The number of nitrogens with one attached hydrogen (secondary N) is 1. The third-order valence-corrected chi connectivity index (χ3v) is 5.76. The van der Waals surface area contributed by atoms with Crippen LogP contribution in [0.4, 0.5) is 0 Å². The molecular formula is C18H26N2O9S. The van der Waals surface area contributed by atoms with Gasteiger partial charge in [0, 0.05) is 31.9 Å². The number of carbonyl (C=O) groups is 4. The summed E-state index contributed by atoms with van der Waals surface area (Å²) < 4.78 is 20.1. The Hall–Kier alpha value is -2.15. The first-order chi connectivity index (χ1) is 14.4. The van der Waals surface area contributed by atoms with Gasteiger partial charge in [-0.05, 0) is 0 Å². The Morgan fingerprint density at radius 1 is 1.20 bits per heavy atom. The number of amides is 2. The van der Waals surface area contributed by atoms with Gasteiger partial charge < -0.3 is 29.4 Å². The maximum absolute atomic E-state index is 12.5. The molecule has 11 nitrogen and oxygen atoms in total. The lowest BCUT2D eigenvalue weighted by atomic mass is 9.95. The third kappa shape index (κ3) is 6.42. The number of nitrogens with zero attached hydrogens (tertiary/aromatic N) is 1. The van der Waals surface area contributed by atoms with Gasteiger partial charge in [-0.3, -0.25) is 19.3 Å². The van der Waals surface area contributed by atoms with Crippen molar-refractivity contribution in [3.63, 3.8) is 0 Å². The van der Waals surface area contributed by atoms with Crippen LogP contribution < -0.4 is 5.32 Å². The highest BCUT2D eigenvalue weighted by Crippen LogP contribution is 2.43. The topological polar surface area (TPSA) is 141 Å². The smallest absolute Gasteiger partial charge is 0.352 e. The Bertz CT molecular complexity index is 697. The standard InChI is InChI=1S/C18H26N2O9S/c1-11(21)29-8-12-10-30-17-13(16(23)20(17)15(12)18(24)25)7-19-14(22)9-28-6-5-27-4-3-26-2/h13,17H,3-10H2,1-2H3,(H,19,22)(H,24,25)/t13-,17?/m1/s1. The first-order valence-corrected chi connectivity index (χ1v) is 10.4. The molecule has 2 amide bonds. The van der Waals surface area contributed by atoms with Crippen LogP contribution in [0.2, 0.25) is 0 Å². The molecular weight excluding hydrogens is 420 g/mol. The number of ether oxygens (including phenoxy) is 4. The molecule has 0 spiro atoms. The highest BCUT2D eigenvalue weighted by atomic mass is 32.2. The molecule has 2 aliphatic heterocycles. The van der Waals surface area contributed by atoms with Gasteiger partial charge in [0.05, 0.1) is 37.7 Å². The third-order valence-electron chi connectivity index (χ3n) is 4.37. The minimum Gasteiger partial charge on any atom is -0.477 e. The molecule has 1 unspecified atom stereocenters. The number of aliphatic carboxylic acids is 1. The van der Waals surface area contributed by atoms with Gasteiger partial charge in [-0.1, -0.05) is 0 Å². The Morgan fingerprint density at radius 2 is 1.90 bits per heavy atom. The molecule has 0 saturated carbocycles. The van der Waals surface area contributed by atoms with E-state index in [2.05, 4.69) is 5.32 Å². The molecule has 0 aromatic heterocycles. The fourth-order valence-electron chi connectivity index (χ4n) is 2.92. The van der Waals surface area contributed by atoms with Gasteiger partial charge in [-0.25, -0.2) is 4.79 Å². The lowest BCUT2D eigenvalue weighted by Crippen LogP contribution is -2.64. The SMILES string of the molecule is COCCOCCOCC(=O)NC[C@@H]1C(=O)N2C(C(=O)O)=C(COC(C)=O)CSC12. The molecule has 30 heavy (non-hydrogen) atoms. The van der Waals surface area contributed by atoms with Gasteiger partial charge in [0.25, 0.3) is 0 Å². The van der Waals surface area contributed by atoms with Crippen molar-refractivity contribution in [3.8, 4) is 0 Å². The van der Waals surface area contributed by atoms with Gasteiger partial charge >= 0.3 is 11.9 Å². The van der Waals surface area contributed by atoms with E-state index in [4.69, 9.17) is 18.9 Å². The summed E-state index contributed by atoms with van der Waals surface area (Å²) in [7, 11) is 1.57. The summed E-state index contributed by atoms with van der Waals surface area (Å²) in [5.41, 5.74) is 0.222. The molecule has 2 N–H and O–H groups in total. The Kier molecular flexibility index (Phi) is 9.56. The number of β-lactam (4-membered cyclic amide) rings is 1. The lowest BCUT2D eigenvalue weighted by molar-refractivity contribution is -0.152. The fraction of sp³-hybridized carbons (Fsp3) is 0.667. The number of fused-ring (bicyclic) bond motifs is 1. The van der Waals surface area contributed by atoms with E-state index < -0.39 is 23.8 Å². The summed E-state index contributed by atoms with van der Waals surface area (Å²) in [5.74, 6) is -2.75. The van der Waals surface area contributed by atoms with Gasteiger partial charge in [0.15, 0.2) is 0 Å². The number of esters is 1. The molecule has 0 aromatic rings. The molecule has 2 heterocycles. The predicted molar refractivity (Wildman–Crippen MR) is 104 cm³/mol. The second-order valence-corrected chi connectivity index (χ2v) is 7.62. The van der Waals surface area contributed by atoms with Crippen LogP contribution in [0.3, 0.4) is 0 Å². The van der Waals surface area contributed by atoms with E-state index in [1.54, 1.807) is 7.11 Å².